The summed E-state index contributed by atoms with van der Waals surface area (Å²) in [6, 6.07) is 0. The molecule has 7 atom stereocenters. The van der Waals surface area contributed by atoms with Gasteiger partial charge in [0.1, 0.15) is 30.5 Å². The number of aliphatic hydroxyl groups excluding tert-OH is 3. The van der Waals surface area contributed by atoms with Gasteiger partial charge in [0, 0.05) is 18.4 Å². The summed E-state index contributed by atoms with van der Waals surface area (Å²) in [5.74, 6) is -1.76. The Balaban J connectivity index is 2.56. The zero-order chi connectivity index (χ0) is 28.1. The topological polar surface area (TPSA) is 149 Å². The summed E-state index contributed by atoms with van der Waals surface area (Å²) >= 11 is 0. The number of cyclic esters (lactones) is 1. The summed E-state index contributed by atoms with van der Waals surface area (Å²) in [5, 5.41) is 30.1. The Morgan fingerprint density at radius 2 is 1.78 bits per heavy atom. The number of ether oxygens (including phenoxy) is 4. The molecule has 0 spiro atoms. The maximum atomic E-state index is 13.4. The second-order valence-electron chi connectivity index (χ2n) is 10.5. The van der Waals surface area contributed by atoms with Crippen molar-refractivity contribution in [3.05, 3.63) is 34.9 Å². The van der Waals surface area contributed by atoms with Crippen molar-refractivity contribution in [3.8, 4) is 0 Å². The molecule has 0 bridgehead atoms. The Morgan fingerprint density at radius 3 is 2.32 bits per heavy atom. The van der Waals surface area contributed by atoms with Gasteiger partial charge in [0.15, 0.2) is 18.2 Å². The molecule has 208 valence electrons. The van der Waals surface area contributed by atoms with E-state index in [1.165, 1.54) is 13.0 Å². The Morgan fingerprint density at radius 1 is 1.14 bits per heavy atom. The number of hydrogen-bond donors (Lipinski definition) is 3. The molecule has 0 aromatic heterocycles. The number of hydrogen-bond acceptors (Lipinski definition) is 10. The first kappa shape index (κ1) is 30.9. The molecule has 2 aliphatic heterocycles. The van der Waals surface area contributed by atoms with E-state index in [2.05, 4.69) is 0 Å². The Kier molecular flexibility index (Phi) is 10.8. The maximum absolute atomic E-state index is 13.4. The van der Waals surface area contributed by atoms with E-state index in [1.54, 1.807) is 33.8 Å². The molecule has 3 N–H and O–H groups in total. The van der Waals surface area contributed by atoms with Gasteiger partial charge >= 0.3 is 11.9 Å². The van der Waals surface area contributed by atoms with E-state index in [-0.39, 0.29) is 18.4 Å². The van der Waals surface area contributed by atoms with Crippen LogP contribution in [0.25, 0.3) is 0 Å². The molecular formula is C27H40O10. The molecule has 1 fully saturated rings. The van der Waals surface area contributed by atoms with Gasteiger partial charge in [-0.25, -0.2) is 4.79 Å². The van der Waals surface area contributed by atoms with Gasteiger partial charge in [-0.05, 0) is 59.6 Å². The molecule has 0 aliphatic carbocycles. The van der Waals surface area contributed by atoms with E-state index >= 15 is 0 Å². The van der Waals surface area contributed by atoms with Crippen LogP contribution in [0.3, 0.4) is 0 Å². The first-order valence-electron chi connectivity index (χ1n) is 12.4. The van der Waals surface area contributed by atoms with Crippen molar-refractivity contribution in [2.75, 3.05) is 6.61 Å². The molecule has 0 saturated carbocycles. The van der Waals surface area contributed by atoms with Crippen LogP contribution in [0.2, 0.25) is 0 Å². The van der Waals surface area contributed by atoms with Crippen LogP contribution in [-0.4, -0.2) is 82.6 Å². The first-order chi connectivity index (χ1) is 17.2. The summed E-state index contributed by atoms with van der Waals surface area (Å²) in [7, 11) is 0. The minimum atomic E-state index is -1.51. The molecular weight excluding hydrogens is 484 g/mol. The zero-order valence-corrected chi connectivity index (χ0v) is 22.6. The molecule has 2 aliphatic rings. The number of ketones is 1. The summed E-state index contributed by atoms with van der Waals surface area (Å²) < 4.78 is 22.8. The van der Waals surface area contributed by atoms with Gasteiger partial charge in [-0.15, -0.1) is 0 Å². The van der Waals surface area contributed by atoms with Gasteiger partial charge in [-0.2, -0.15) is 0 Å². The third kappa shape index (κ3) is 7.81. The van der Waals surface area contributed by atoms with E-state index in [9.17, 15) is 29.7 Å². The van der Waals surface area contributed by atoms with E-state index < -0.39 is 72.7 Å². The summed E-state index contributed by atoms with van der Waals surface area (Å²) in [4.78, 5) is 38.8. The number of carbonyl (C=O) groups excluding carboxylic acids is 3. The molecule has 2 rings (SSSR count). The van der Waals surface area contributed by atoms with E-state index in [4.69, 9.17) is 18.9 Å². The predicted molar refractivity (Wildman–Crippen MR) is 133 cm³/mol. The Labute approximate surface area is 217 Å². The van der Waals surface area contributed by atoms with Crippen LogP contribution in [0.5, 0.6) is 0 Å². The predicted octanol–water partition coefficient (Wildman–Crippen LogP) is 1.90. The average Bonchev–Trinajstić information content (AvgIpc) is 3.12. The summed E-state index contributed by atoms with van der Waals surface area (Å²) in [6.07, 6.45) is -3.70. The normalized spacial score (nSPS) is 35.4. The monoisotopic (exact) mass is 524 g/mol. The Hall–Kier alpha value is -2.37. The molecule has 0 amide bonds. The van der Waals surface area contributed by atoms with Crippen molar-refractivity contribution in [2.45, 2.75) is 104 Å². The van der Waals surface area contributed by atoms with Gasteiger partial charge in [0.05, 0.1) is 12.0 Å². The number of allylic oxidation sites excluding steroid dienone is 2. The lowest BCUT2D eigenvalue weighted by molar-refractivity contribution is -0.210. The molecule has 10 heteroatoms. The quantitative estimate of drug-likeness (QED) is 0.360. The van der Waals surface area contributed by atoms with Crippen LogP contribution < -0.4 is 0 Å². The van der Waals surface area contributed by atoms with E-state index in [0.717, 1.165) is 5.57 Å². The zero-order valence-electron chi connectivity index (χ0n) is 22.6. The van der Waals surface area contributed by atoms with Crippen molar-refractivity contribution in [1.82, 2.24) is 0 Å². The fraction of sp³-hybridized carbons (Fsp3) is 0.667. The first-order valence-corrected chi connectivity index (χ1v) is 12.4. The van der Waals surface area contributed by atoms with Gasteiger partial charge in [0.2, 0.25) is 0 Å². The van der Waals surface area contributed by atoms with Crippen molar-refractivity contribution >= 4 is 17.7 Å². The highest BCUT2D eigenvalue weighted by Gasteiger charge is 2.46. The molecule has 0 radical (unpaired) electrons. The second kappa shape index (κ2) is 12.9. The second-order valence-corrected chi connectivity index (χ2v) is 10.5. The van der Waals surface area contributed by atoms with Crippen molar-refractivity contribution < 1.29 is 48.7 Å². The third-order valence-corrected chi connectivity index (χ3v) is 6.46. The highest BCUT2D eigenvalue weighted by Crippen LogP contribution is 2.29. The Bertz CT molecular complexity index is 941. The molecule has 37 heavy (non-hydrogen) atoms. The standard InChI is InChI=1S/C27H40O10/c1-8-14(2)18-12-10-15(3)22(36-25-21(31)20(30)19(13-28)35-25)23(37-26(33)27(5,6)7)17(29)11-9-16(4)24(32)34-18/h8-10,18-23,25,28,30-31H,11-13H2,1-7H3/b14-8-,15-10+,16-9-/t18-,19-,20-,21+,22-,23-,25-/m1/s1. The minimum absolute atomic E-state index is 0.227. The van der Waals surface area contributed by atoms with Crippen LogP contribution in [0.1, 0.15) is 61.3 Å². The van der Waals surface area contributed by atoms with E-state index in [0.29, 0.717) is 5.57 Å². The average molecular weight is 525 g/mol. The SMILES string of the molecule is C/C=C(/C)[C@H]1C/C=C(\C)[C@@H](O[C@H]2O[C@H](CO)[C@@H](O)[C@@H]2O)[C@H](OC(=O)C(C)(C)C)C(=O)C/C=C(/C)C(=O)O1. The lowest BCUT2D eigenvalue weighted by Crippen LogP contribution is -2.46. The van der Waals surface area contributed by atoms with E-state index in [1.807, 2.05) is 19.9 Å². The highest BCUT2D eigenvalue weighted by atomic mass is 16.7. The molecule has 2 heterocycles. The van der Waals surface area contributed by atoms with Crippen molar-refractivity contribution in [3.63, 3.8) is 0 Å². The number of carbonyl (C=O) groups is 3. The molecule has 1 saturated heterocycles. The molecule has 0 aromatic rings. The molecule has 0 unspecified atom stereocenters. The van der Waals surface area contributed by atoms with Gasteiger partial charge in [-0.1, -0.05) is 18.2 Å². The maximum Gasteiger partial charge on any atom is 0.334 e. The number of esters is 2. The lowest BCUT2D eigenvalue weighted by Gasteiger charge is -2.32. The van der Waals surface area contributed by atoms with Crippen LogP contribution in [0.15, 0.2) is 34.9 Å². The van der Waals surface area contributed by atoms with Crippen LogP contribution in [0.4, 0.5) is 0 Å². The van der Waals surface area contributed by atoms with Gasteiger partial charge < -0.3 is 34.3 Å². The number of aliphatic hydroxyl groups is 3. The fourth-order valence-corrected chi connectivity index (χ4v) is 3.73. The van der Waals surface area contributed by atoms with Crippen molar-refractivity contribution in [1.29, 1.82) is 0 Å². The highest BCUT2D eigenvalue weighted by molar-refractivity contribution is 5.92. The number of Topliss-reactive ketones (excluding diaryl/α,β-unsaturated/α-hetero) is 1. The van der Waals surface area contributed by atoms with Crippen LogP contribution in [0, 0.1) is 5.41 Å². The fourth-order valence-electron chi connectivity index (χ4n) is 3.73. The summed E-state index contributed by atoms with van der Waals surface area (Å²) in [5.41, 5.74) is 0.571. The van der Waals surface area contributed by atoms with Gasteiger partial charge in [0.25, 0.3) is 0 Å². The van der Waals surface area contributed by atoms with Crippen molar-refractivity contribution in [2.24, 2.45) is 5.41 Å². The minimum Gasteiger partial charge on any atom is -0.454 e. The largest absolute Gasteiger partial charge is 0.454 e. The van der Waals surface area contributed by atoms with Crippen LogP contribution in [-0.2, 0) is 33.3 Å². The third-order valence-electron chi connectivity index (χ3n) is 6.46. The smallest absolute Gasteiger partial charge is 0.334 e. The lowest BCUT2D eigenvalue weighted by atomic mass is 9.94. The molecule has 0 aromatic carbocycles. The van der Waals surface area contributed by atoms with Crippen LogP contribution >= 0.6 is 0 Å². The van der Waals surface area contributed by atoms with Gasteiger partial charge in [-0.3, -0.25) is 9.59 Å². The summed E-state index contributed by atoms with van der Waals surface area (Å²) in [6.45, 7) is 11.2. The molecule has 10 nitrogen and oxygen atoms in total. The number of rotatable bonds is 5.